The van der Waals surface area contributed by atoms with Gasteiger partial charge < -0.3 is 0 Å². The molecule has 1 heterocycles. The van der Waals surface area contributed by atoms with Gasteiger partial charge in [0.1, 0.15) is 0 Å². The first kappa shape index (κ1) is 12.9. The number of alkyl halides is 1. The van der Waals surface area contributed by atoms with Crippen LogP contribution in [0.5, 0.6) is 0 Å². The Bertz CT molecular complexity index is 502. The van der Waals surface area contributed by atoms with Gasteiger partial charge in [0, 0.05) is 33.2 Å². The van der Waals surface area contributed by atoms with Crippen LogP contribution in [0.2, 0.25) is 10.0 Å². The summed E-state index contributed by atoms with van der Waals surface area (Å²) in [6.45, 7) is 0. The van der Waals surface area contributed by atoms with Crippen molar-refractivity contribution in [2.75, 3.05) is 0 Å². The summed E-state index contributed by atoms with van der Waals surface area (Å²) in [6, 6.07) is 11.3. The molecular weight excluding hydrogens is 321 g/mol. The summed E-state index contributed by atoms with van der Waals surface area (Å²) in [5.74, 6) is 0. The Balaban J connectivity index is 2.20. The number of hydrogen-bond donors (Lipinski definition) is 0. The number of halogens is 3. The molecule has 1 nitrogen and oxygen atoms in total. The van der Waals surface area contributed by atoms with Crippen molar-refractivity contribution in [1.82, 2.24) is 4.98 Å². The fourth-order valence-electron chi connectivity index (χ4n) is 1.57. The minimum atomic E-state index is 0.114. The Morgan fingerprint density at radius 3 is 2.71 bits per heavy atom. The lowest BCUT2D eigenvalue weighted by Gasteiger charge is -2.12. The zero-order valence-corrected chi connectivity index (χ0v) is 12.0. The average Bonchev–Trinajstić information content (AvgIpc) is 2.33. The molecule has 0 saturated carbocycles. The highest BCUT2D eigenvalue weighted by molar-refractivity contribution is 9.09. The van der Waals surface area contributed by atoms with Crippen LogP contribution in [0.25, 0.3) is 0 Å². The molecule has 0 N–H and O–H groups in total. The first-order chi connectivity index (χ1) is 8.16. The van der Waals surface area contributed by atoms with Gasteiger partial charge in [0.15, 0.2) is 0 Å². The summed E-state index contributed by atoms with van der Waals surface area (Å²) in [5.41, 5.74) is 2.01. The van der Waals surface area contributed by atoms with E-state index in [-0.39, 0.29) is 4.83 Å². The van der Waals surface area contributed by atoms with Crippen molar-refractivity contribution in [3.63, 3.8) is 0 Å². The molecule has 17 heavy (non-hydrogen) atoms. The van der Waals surface area contributed by atoms with Crippen molar-refractivity contribution < 1.29 is 0 Å². The summed E-state index contributed by atoms with van der Waals surface area (Å²) in [7, 11) is 0. The largest absolute Gasteiger partial charge is 0.261 e. The lowest BCUT2D eigenvalue weighted by atomic mass is 10.1. The highest BCUT2D eigenvalue weighted by atomic mass is 79.9. The van der Waals surface area contributed by atoms with E-state index in [1.165, 1.54) is 0 Å². The third-order valence-electron chi connectivity index (χ3n) is 2.41. The van der Waals surface area contributed by atoms with Gasteiger partial charge in [-0.1, -0.05) is 45.2 Å². The van der Waals surface area contributed by atoms with E-state index in [1.54, 1.807) is 12.3 Å². The van der Waals surface area contributed by atoms with Crippen molar-refractivity contribution in [2.45, 2.75) is 11.2 Å². The smallest absolute Gasteiger partial charge is 0.0465 e. The highest BCUT2D eigenvalue weighted by Crippen LogP contribution is 2.33. The minimum absolute atomic E-state index is 0.114. The van der Waals surface area contributed by atoms with Gasteiger partial charge in [-0.05, 0) is 35.9 Å². The van der Waals surface area contributed by atoms with E-state index in [1.807, 2.05) is 30.3 Å². The van der Waals surface area contributed by atoms with Gasteiger partial charge in [-0.2, -0.15) is 0 Å². The second kappa shape index (κ2) is 5.85. The molecule has 1 aromatic heterocycles. The van der Waals surface area contributed by atoms with E-state index < -0.39 is 0 Å². The van der Waals surface area contributed by atoms with Crippen molar-refractivity contribution in [1.29, 1.82) is 0 Å². The molecule has 88 valence electrons. The molecule has 0 aliphatic carbocycles. The maximum Gasteiger partial charge on any atom is 0.0465 e. The van der Waals surface area contributed by atoms with Crippen molar-refractivity contribution in [3.8, 4) is 0 Å². The molecule has 2 aromatic rings. The Labute approximate surface area is 119 Å². The molecule has 0 amide bonds. The fourth-order valence-corrected chi connectivity index (χ4v) is 2.84. The van der Waals surface area contributed by atoms with Crippen LogP contribution >= 0.6 is 39.1 Å². The molecule has 4 heteroatoms. The van der Waals surface area contributed by atoms with Gasteiger partial charge in [0.2, 0.25) is 0 Å². The molecule has 0 aliphatic rings. The monoisotopic (exact) mass is 329 g/mol. The topological polar surface area (TPSA) is 12.9 Å². The first-order valence-electron chi connectivity index (χ1n) is 5.16. The number of nitrogens with zero attached hydrogens (tertiary/aromatic N) is 1. The number of rotatable bonds is 3. The highest BCUT2D eigenvalue weighted by Gasteiger charge is 2.13. The second-order valence-electron chi connectivity index (χ2n) is 3.66. The van der Waals surface area contributed by atoms with Gasteiger partial charge in [0.05, 0.1) is 0 Å². The van der Waals surface area contributed by atoms with Gasteiger partial charge in [0.25, 0.3) is 0 Å². The number of aromatic nitrogens is 1. The lowest BCUT2D eigenvalue weighted by Crippen LogP contribution is -1.98. The Morgan fingerprint density at radius 2 is 2.00 bits per heavy atom. The van der Waals surface area contributed by atoms with E-state index in [2.05, 4.69) is 20.9 Å². The molecule has 0 spiro atoms. The predicted molar refractivity (Wildman–Crippen MR) is 76.1 cm³/mol. The minimum Gasteiger partial charge on any atom is -0.261 e. The van der Waals surface area contributed by atoms with Crippen LogP contribution in [0.15, 0.2) is 42.6 Å². The summed E-state index contributed by atoms with van der Waals surface area (Å²) < 4.78 is 0. The Morgan fingerprint density at radius 1 is 1.18 bits per heavy atom. The normalized spacial score (nSPS) is 12.4. The average molecular weight is 331 g/mol. The molecule has 0 fully saturated rings. The van der Waals surface area contributed by atoms with Crippen molar-refractivity contribution >= 4 is 39.1 Å². The Hall–Kier alpha value is -0.570. The van der Waals surface area contributed by atoms with Crippen molar-refractivity contribution in [3.05, 3.63) is 63.9 Å². The maximum absolute atomic E-state index is 6.15. The van der Waals surface area contributed by atoms with Crippen LogP contribution in [0, 0.1) is 0 Å². The predicted octanol–water partition coefficient (Wildman–Crippen LogP) is 5.07. The van der Waals surface area contributed by atoms with E-state index in [4.69, 9.17) is 23.2 Å². The van der Waals surface area contributed by atoms with Gasteiger partial charge >= 0.3 is 0 Å². The summed E-state index contributed by atoms with van der Waals surface area (Å²) >= 11 is 15.7. The van der Waals surface area contributed by atoms with Crippen LogP contribution in [-0.2, 0) is 6.42 Å². The Kier molecular flexibility index (Phi) is 4.43. The molecular formula is C13H10BrCl2N. The van der Waals surface area contributed by atoms with E-state index in [0.29, 0.717) is 10.0 Å². The van der Waals surface area contributed by atoms with E-state index >= 15 is 0 Å². The molecule has 0 aliphatic heterocycles. The van der Waals surface area contributed by atoms with Crippen LogP contribution in [-0.4, -0.2) is 4.98 Å². The summed E-state index contributed by atoms with van der Waals surface area (Å²) in [5, 5.41) is 1.40. The maximum atomic E-state index is 6.15. The third-order valence-corrected chi connectivity index (χ3v) is 3.81. The quantitative estimate of drug-likeness (QED) is 0.716. The van der Waals surface area contributed by atoms with Gasteiger partial charge in [-0.25, -0.2) is 0 Å². The molecule has 1 unspecified atom stereocenters. The van der Waals surface area contributed by atoms with Crippen LogP contribution < -0.4 is 0 Å². The summed E-state index contributed by atoms with van der Waals surface area (Å²) in [6.07, 6.45) is 2.57. The number of hydrogen-bond acceptors (Lipinski definition) is 1. The van der Waals surface area contributed by atoms with Gasteiger partial charge in [-0.3, -0.25) is 4.98 Å². The third kappa shape index (κ3) is 3.44. The molecule has 1 atom stereocenters. The van der Waals surface area contributed by atoms with Crippen LogP contribution in [0.1, 0.15) is 16.1 Å². The standard InChI is InChI=1S/C13H10BrCl2N/c14-12(8-10-3-1-2-6-17-10)11-7-9(15)4-5-13(11)16/h1-7,12H,8H2. The molecule has 1 aromatic carbocycles. The number of pyridine rings is 1. The SMILES string of the molecule is Clc1ccc(Cl)c(C(Br)Cc2ccccn2)c1. The van der Waals surface area contributed by atoms with E-state index in [9.17, 15) is 0 Å². The van der Waals surface area contributed by atoms with Crippen molar-refractivity contribution in [2.24, 2.45) is 0 Å². The molecule has 2 rings (SSSR count). The second-order valence-corrected chi connectivity index (χ2v) is 5.61. The van der Waals surface area contributed by atoms with Gasteiger partial charge in [-0.15, -0.1) is 0 Å². The zero-order chi connectivity index (χ0) is 12.3. The number of benzene rings is 1. The van der Waals surface area contributed by atoms with E-state index in [0.717, 1.165) is 17.7 Å². The fraction of sp³-hybridized carbons (Fsp3) is 0.154. The van der Waals surface area contributed by atoms with Crippen LogP contribution in [0.4, 0.5) is 0 Å². The molecule has 0 saturated heterocycles. The van der Waals surface area contributed by atoms with Crippen LogP contribution in [0.3, 0.4) is 0 Å². The summed E-state index contributed by atoms with van der Waals surface area (Å²) in [4.78, 5) is 4.40. The molecule has 0 radical (unpaired) electrons. The molecule has 0 bridgehead atoms. The zero-order valence-electron chi connectivity index (χ0n) is 8.91. The first-order valence-corrected chi connectivity index (χ1v) is 6.83. The lowest BCUT2D eigenvalue weighted by molar-refractivity contribution is 0.905.